The Hall–Kier alpha value is -1.20. The molecule has 1 saturated heterocycles. The molecule has 0 N–H and O–H groups in total. The Morgan fingerprint density at radius 2 is 2.25 bits per heavy atom. The van der Waals surface area contributed by atoms with Gasteiger partial charge in [0.15, 0.2) is 0 Å². The van der Waals surface area contributed by atoms with E-state index in [1.165, 1.54) is 10.4 Å². The minimum atomic E-state index is 0.103. The van der Waals surface area contributed by atoms with Gasteiger partial charge in [-0.15, -0.1) is 11.3 Å². The lowest BCUT2D eigenvalue weighted by Crippen LogP contribution is -2.29. The zero-order chi connectivity index (χ0) is 13.7. The Morgan fingerprint density at radius 1 is 1.35 bits per heavy atom. The first-order chi connectivity index (χ1) is 9.72. The van der Waals surface area contributed by atoms with Gasteiger partial charge in [0.1, 0.15) is 5.78 Å². The first-order valence-corrected chi connectivity index (χ1v) is 8.05. The number of fused-ring (bicyclic) bond motifs is 2. The van der Waals surface area contributed by atoms with Gasteiger partial charge in [0.05, 0.1) is 18.1 Å². The Kier molecular flexibility index (Phi) is 2.93. The molecule has 1 amide bonds. The van der Waals surface area contributed by atoms with Crippen LogP contribution in [-0.4, -0.2) is 36.3 Å². The standard InChI is InChI=1S/C15H17NO3S/c17-12-2-1-9-6-16(7-11(9)12)15(18)14-5-10-8-19-4-3-13(10)20-14/h5,9,11H,1-4,6-8H2/t9-,11+/m0/s1. The quantitative estimate of drug-likeness (QED) is 0.793. The fourth-order valence-electron chi connectivity index (χ4n) is 3.62. The molecule has 2 atom stereocenters. The normalized spacial score (nSPS) is 28.6. The number of carbonyl (C=O) groups is 2. The summed E-state index contributed by atoms with van der Waals surface area (Å²) in [7, 11) is 0. The van der Waals surface area contributed by atoms with E-state index in [9.17, 15) is 9.59 Å². The van der Waals surface area contributed by atoms with Crippen LogP contribution in [0.5, 0.6) is 0 Å². The molecule has 4 rings (SSSR count). The maximum Gasteiger partial charge on any atom is 0.263 e. The number of hydrogen-bond donors (Lipinski definition) is 0. The van der Waals surface area contributed by atoms with Gasteiger partial charge in [-0.2, -0.15) is 0 Å². The predicted molar refractivity (Wildman–Crippen MR) is 74.8 cm³/mol. The number of carbonyl (C=O) groups excluding carboxylic acids is 2. The highest BCUT2D eigenvalue weighted by atomic mass is 32.1. The van der Waals surface area contributed by atoms with Crippen LogP contribution in [-0.2, 0) is 22.6 Å². The molecule has 2 aliphatic heterocycles. The number of thiophene rings is 1. The summed E-state index contributed by atoms with van der Waals surface area (Å²) in [6.07, 6.45) is 2.58. The Bertz CT molecular complexity index is 556. The third-order valence-electron chi connectivity index (χ3n) is 4.74. The molecule has 0 radical (unpaired) electrons. The number of nitrogens with zero attached hydrogens (tertiary/aromatic N) is 1. The van der Waals surface area contributed by atoms with Crippen molar-refractivity contribution in [2.75, 3.05) is 19.7 Å². The molecule has 4 nitrogen and oxygen atoms in total. The van der Waals surface area contributed by atoms with Crippen LogP contribution in [0.1, 0.15) is 33.0 Å². The average molecular weight is 291 g/mol. The number of Topliss-reactive ketones (excluding diaryl/α,β-unsaturated/α-hetero) is 1. The van der Waals surface area contributed by atoms with Crippen LogP contribution >= 0.6 is 11.3 Å². The van der Waals surface area contributed by atoms with Crippen molar-refractivity contribution >= 4 is 23.0 Å². The van der Waals surface area contributed by atoms with E-state index >= 15 is 0 Å². The van der Waals surface area contributed by atoms with Crippen molar-refractivity contribution in [3.8, 4) is 0 Å². The smallest absolute Gasteiger partial charge is 0.263 e. The second kappa shape index (κ2) is 4.67. The maximum atomic E-state index is 12.6. The van der Waals surface area contributed by atoms with Crippen LogP contribution in [0.2, 0.25) is 0 Å². The van der Waals surface area contributed by atoms with Gasteiger partial charge in [0.2, 0.25) is 0 Å². The zero-order valence-corrected chi connectivity index (χ0v) is 12.1. The maximum absolute atomic E-state index is 12.6. The second-order valence-corrected chi connectivity index (χ2v) is 7.08. The predicted octanol–water partition coefficient (Wildman–Crippen LogP) is 1.87. The lowest BCUT2D eigenvalue weighted by atomic mass is 10.0. The molecule has 0 unspecified atom stereocenters. The lowest BCUT2D eigenvalue weighted by Gasteiger charge is -2.15. The number of ketones is 1. The summed E-state index contributed by atoms with van der Waals surface area (Å²) in [6.45, 7) is 2.77. The van der Waals surface area contributed by atoms with Gasteiger partial charge < -0.3 is 9.64 Å². The van der Waals surface area contributed by atoms with Crippen LogP contribution in [0.25, 0.3) is 0 Å². The molecule has 1 aromatic heterocycles. The van der Waals surface area contributed by atoms with Gasteiger partial charge in [-0.25, -0.2) is 0 Å². The van der Waals surface area contributed by atoms with Crippen molar-refractivity contribution in [3.63, 3.8) is 0 Å². The average Bonchev–Trinajstić information content (AvgIpc) is 3.13. The number of hydrogen-bond acceptors (Lipinski definition) is 4. The lowest BCUT2D eigenvalue weighted by molar-refractivity contribution is -0.120. The molecule has 1 aliphatic carbocycles. The Morgan fingerprint density at radius 3 is 3.05 bits per heavy atom. The molecule has 1 saturated carbocycles. The molecule has 0 aromatic carbocycles. The van der Waals surface area contributed by atoms with Crippen LogP contribution in [0.3, 0.4) is 0 Å². The highest BCUT2D eigenvalue weighted by Gasteiger charge is 2.43. The topological polar surface area (TPSA) is 46.6 Å². The van der Waals surface area contributed by atoms with Crippen molar-refractivity contribution < 1.29 is 14.3 Å². The van der Waals surface area contributed by atoms with Crippen molar-refractivity contribution in [3.05, 3.63) is 21.4 Å². The van der Waals surface area contributed by atoms with E-state index in [1.54, 1.807) is 11.3 Å². The van der Waals surface area contributed by atoms with Crippen molar-refractivity contribution in [1.29, 1.82) is 0 Å². The Labute approximate surface area is 121 Å². The van der Waals surface area contributed by atoms with Gasteiger partial charge in [-0.05, 0) is 24.0 Å². The van der Waals surface area contributed by atoms with Crippen LogP contribution in [0.15, 0.2) is 6.07 Å². The number of likely N-dealkylation sites (tertiary alicyclic amines) is 1. The zero-order valence-electron chi connectivity index (χ0n) is 11.3. The van der Waals surface area contributed by atoms with E-state index in [4.69, 9.17) is 4.74 Å². The van der Waals surface area contributed by atoms with E-state index in [2.05, 4.69) is 0 Å². The fraction of sp³-hybridized carbons (Fsp3) is 0.600. The molecule has 3 heterocycles. The van der Waals surface area contributed by atoms with Crippen molar-refractivity contribution in [1.82, 2.24) is 4.90 Å². The van der Waals surface area contributed by atoms with E-state index in [-0.39, 0.29) is 11.8 Å². The summed E-state index contributed by atoms with van der Waals surface area (Å²) in [4.78, 5) is 28.3. The Balaban J connectivity index is 1.53. The van der Waals surface area contributed by atoms with Crippen molar-refractivity contribution in [2.45, 2.75) is 25.9 Å². The second-order valence-electron chi connectivity index (χ2n) is 5.94. The molecule has 106 valence electrons. The SMILES string of the molecule is O=C1CC[C@H]2CN(C(=O)c3cc4c(s3)CCOC4)C[C@@H]12. The van der Waals surface area contributed by atoms with E-state index < -0.39 is 0 Å². The number of amides is 1. The first kappa shape index (κ1) is 12.5. The van der Waals surface area contributed by atoms with E-state index in [0.717, 1.165) is 30.9 Å². The van der Waals surface area contributed by atoms with Crippen molar-refractivity contribution in [2.24, 2.45) is 11.8 Å². The van der Waals surface area contributed by atoms with Gasteiger partial charge in [0, 0.05) is 36.7 Å². The third kappa shape index (κ3) is 1.91. The molecule has 3 aliphatic rings. The van der Waals surface area contributed by atoms with E-state index in [1.807, 2.05) is 11.0 Å². The molecule has 0 bridgehead atoms. The van der Waals surface area contributed by atoms with Crippen LogP contribution in [0, 0.1) is 11.8 Å². The molecule has 5 heteroatoms. The number of rotatable bonds is 1. The summed E-state index contributed by atoms with van der Waals surface area (Å²) in [5.74, 6) is 0.969. The highest BCUT2D eigenvalue weighted by molar-refractivity contribution is 7.14. The molecule has 20 heavy (non-hydrogen) atoms. The summed E-state index contributed by atoms with van der Waals surface area (Å²) in [5.41, 5.74) is 1.17. The minimum Gasteiger partial charge on any atom is -0.376 e. The summed E-state index contributed by atoms with van der Waals surface area (Å²) in [5, 5.41) is 0. The molecular weight excluding hydrogens is 274 g/mol. The molecule has 1 aromatic rings. The largest absolute Gasteiger partial charge is 0.376 e. The van der Waals surface area contributed by atoms with Gasteiger partial charge >= 0.3 is 0 Å². The van der Waals surface area contributed by atoms with Gasteiger partial charge in [0.25, 0.3) is 5.91 Å². The first-order valence-electron chi connectivity index (χ1n) is 7.23. The monoisotopic (exact) mass is 291 g/mol. The van der Waals surface area contributed by atoms with Gasteiger partial charge in [-0.1, -0.05) is 0 Å². The summed E-state index contributed by atoms with van der Waals surface area (Å²) < 4.78 is 5.43. The van der Waals surface area contributed by atoms with E-state index in [0.29, 0.717) is 31.3 Å². The minimum absolute atomic E-state index is 0.103. The summed E-state index contributed by atoms with van der Waals surface area (Å²) >= 11 is 1.60. The third-order valence-corrected chi connectivity index (χ3v) is 5.97. The number of ether oxygens (including phenoxy) is 1. The highest BCUT2D eigenvalue weighted by Crippen LogP contribution is 2.37. The summed E-state index contributed by atoms with van der Waals surface area (Å²) in [6, 6.07) is 1.98. The van der Waals surface area contributed by atoms with Crippen LogP contribution < -0.4 is 0 Å². The fourth-order valence-corrected chi connectivity index (χ4v) is 4.73. The van der Waals surface area contributed by atoms with Crippen LogP contribution in [0.4, 0.5) is 0 Å². The molecule has 2 fully saturated rings. The molecular formula is C15H17NO3S. The molecule has 0 spiro atoms. The van der Waals surface area contributed by atoms with Gasteiger partial charge in [-0.3, -0.25) is 9.59 Å².